The molecule has 3 N–H and O–H groups in total. The van der Waals surface area contributed by atoms with Gasteiger partial charge in [-0.15, -0.1) is 0 Å². The van der Waals surface area contributed by atoms with Crippen LogP contribution in [0.3, 0.4) is 0 Å². The van der Waals surface area contributed by atoms with Crippen LogP contribution in [0.25, 0.3) is 11.0 Å². The number of nitrogens with one attached hydrogen (secondary N) is 2. The molecule has 2 aromatic rings. The number of aromatic nitrogens is 3. The molecular weight excluding hydrogens is 452 g/mol. The van der Waals surface area contributed by atoms with Crippen LogP contribution in [0.2, 0.25) is 0 Å². The summed E-state index contributed by atoms with van der Waals surface area (Å²) in [7, 11) is 0. The van der Waals surface area contributed by atoms with Gasteiger partial charge in [0.2, 0.25) is 11.9 Å². The van der Waals surface area contributed by atoms with Gasteiger partial charge < -0.3 is 25.2 Å². The lowest BCUT2D eigenvalue weighted by molar-refractivity contribution is -0.137. The van der Waals surface area contributed by atoms with E-state index in [2.05, 4.69) is 40.1 Å². The maximum Gasteiger partial charge on any atom is 0.226 e. The van der Waals surface area contributed by atoms with Gasteiger partial charge in [-0.1, -0.05) is 13.3 Å². The number of aliphatic hydroxyl groups is 1. The molecular formula is C28H44N6O2. The van der Waals surface area contributed by atoms with Gasteiger partial charge in [-0.3, -0.25) is 4.79 Å². The summed E-state index contributed by atoms with van der Waals surface area (Å²) in [5, 5.41) is 18.1. The molecule has 3 fully saturated rings. The molecule has 2 aliphatic heterocycles. The van der Waals surface area contributed by atoms with Gasteiger partial charge in [0.25, 0.3) is 0 Å². The molecule has 4 heterocycles. The highest BCUT2D eigenvalue weighted by Crippen LogP contribution is 2.38. The SMILES string of the molecule is CCC[C@H](C)Nc1ncc2c(C3CCN(C(=O)[C@@H]4CCCNC4)CC3)cn([C@H]3CC[C@H](O)CC3)c2n1. The molecule has 198 valence electrons. The number of piperidine rings is 2. The average molecular weight is 497 g/mol. The van der Waals surface area contributed by atoms with Crippen LogP contribution >= 0.6 is 0 Å². The molecule has 8 nitrogen and oxygen atoms in total. The zero-order valence-corrected chi connectivity index (χ0v) is 22.1. The van der Waals surface area contributed by atoms with E-state index < -0.39 is 0 Å². The van der Waals surface area contributed by atoms with E-state index in [1.54, 1.807) is 0 Å². The normalized spacial score (nSPS) is 26.8. The van der Waals surface area contributed by atoms with Crippen molar-refractivity contribution in [3.63, 3.8) is 0 Å². The van der Waals surface area contributed by atoms with E-state index in [4.69, 9.17) is 9.97 Å². The quantitative estimate of drug-likeness (QED) is 0.531. The van der Waals surface area contributed by atoms with Crippen molar-refractivity contribution in [1.29, 1.82) is 0 Å². The summed E-state index contributed by atoms with van der Waals surface area (Å²) in [4.78, 5) is 24.9. The van der Waals surface area contributed by atoms with Gasteiger partial charge in [-0.2, -0.15) is 4.98 Å². The molecule has 0 radical (unpaired) electrons. The van der Waals surface area contributed by atoms with E-state index in [0.29, 0.717) is 29.9 Å². The molecule has 2 saturated heterocycles. The van der Waals surface area contributed by atoms with Crippen molar-refractivity contribution in [2.24, 2.45) is 5.92 Å². The number of likely N-dealkylation sites (tertiary alicyclic amines) is 1. The lowest BCUT2D eigenvalue weighted by Gasteiger charge is -2.35. The summed E-state index contributed by atoms with van der Waals surface area (Å²) in [5.74, 6) is 1.60. The van der Waals surface area contributed by atoms with Crippen molar-refractivity contribution >= 4 is 22.9 Å². The van der Waals surface area contributed by atoms with Gasteiger partial charge in [0.05, 0.1) is 12.0 Å². The van der Waals surface area contributed by atoms with Gasteiger partial charge in [0, 0.05) is 49.5 Å². The number of hydrogen-bond donors (Lipinski definition) is 3. The molecule has 0 bridgehead atoms. The first-order valence-corrected chi connectivity index (χ1v) is 14.3. The Morgan fingerprint density at radius 3 is 2.67 bits per heavy atom. The van der Waals surface area contributed by atoms with E-state index in [1.165, 1.54) is 5.56 Å². The van der Waals surface area contributed by atoms with Crippen LogP contribution in [0.15, 0.2) is 12.4 Å². The Morgan fingerprint density at radius 1 is 1.19 bits per heavy atom. The zero-order valence-electron chi connectivity index (χ0n) is 22.1. The smallest absolute Gasteiger partial charge is 0.226 e. The van der Waals surface area contributed by atoms with Crippen LogP contribution in [0.4, 0.5) is 5.95 Å². The third-order valence-corrected chi connectivity index (χ3v) is 8.65. The highest BCUT2D eigenvalue weighted by molar-refractivity contribution is 5.82. The summed E-state index contributed by atoms with van der Waals surface area (Å²) in [5.41, 5.74) is 2.34. The van der Waals surface area contributed by atoms with Gasteiger partial charge in [-0.25, -0.2) is 4.98 Å². The second kappa shape index (κ2) is 11.5. The summed E-state index contributed by atoms with van der Waals surface area (Å²) >= 11 is 0. The van der Waals surface area contributed by atoms with E-state index in [-0.39, 0.29) is 12.0 Å². The number of rotatable bonds is 7. The van der Waals surface area contributed by atoms with Crippen LogP contribution in [-0.2, 0) is 4.79 Å². The molecule has 36 heavy (non-hydrogen) atoms. The van der Waals surface area contributed by atoms with Crippen molar-refractivity contribution in [3.05, 3.63) is 18.0 Å². The number of nitrogens with zero attached hydrogens (tertiary/aromatic N) is 4. The summed E-state index contributed by atoms with van der Waals surface area (Å²) < 4.78 is 2.37. The summed E-state index contributed by atoms with van der Waals surface area (Å²) in [6.45, 7) is 7.90. The molecule has 3 aliphatic rings. The monoisotopic (exact) mass is 496 g/mol. The molecule has 1 aliphatic carbocycles. The number of anilines is 1. The highest BCUT2D eigenvalue weighted by atomic mass is 16.3. The molecule has 0 unspecified atom stereocenters. The topological polar surface area (TPSA) is 95.3 Å². The van der Waals surface area contributed by atoms with Crippen molar-refractivity contribution in [1.82, 2.24) is 24.8 Å². The standard InChI is InChI=1S/C28H44N6O2/c1-3-5-19(2)31-28-30-17-24-25(18-34(26(24)32-28)22-7-9-23(35)10-8-22)20-11-14-33(15-12-20)27(36)21-6-4-13-29-16-21/h17-23,29,35H,3-16H2,1-2H3,(H,30,31,32)/t19-,21+,22-,23-/m0/s1. The maximum absolute atomic E-state index is 13.1. The predicted molar refractivity (Wildman–Crippen MR) is 143 cm³/mol. The number of carbonyl (C=O) groups is 1. The molecule has 8 heteroatoms. The van der Waals surface area contributed by atoms with Crippen LogP contribution in [-0.4, -0.2) is 68.8 Å². The third kappa shape index (κ3) is 5.54. The lowest BCUT2D eigenvalue weighted by Crippen LogP contribution is -2.45. The largest absolute Gasteiger partial charge is 0.393 e. The Balaban J connectivity index is 1.36. The molecule has 2 aromatic heterocycles. The second-order valence-electron chi connectivity index (χ2n) is 11.4. The van der Waals surface area contributed by atoms with Gasteiger partial charge in [0.15, 0.2) is 0 Å². The fourth-order valence-corrected chi connectivity index (χ4v) is 6.52. The minimum atomic E-state index is -0.175. The van der Waals surface area contributed by atoms with Crippen LogP contribution in [0.5, 0.6) is 0 Å². The molecule has 2 atom stereocenters. The first-order chi connectivity index (χ1) is 17.5. The van der Waals surface area contributed by atoms with E-state index in [0.717, 1.165) is 101 Å². The van der Waals surface area contributed by atoms with E-state index in [1.807, 2.05) is 6.20 Å². The Kier molecular flexibility index (Phi) is 8.11. The molecule has 5 rings (SSSR count). The van der Waals surface area contributed by atoms with E-state index >= 15 is 0 Å². The van der Waals surface area contributed by atoms with Gasteiger partial charge in [-0.05, 0) is 82.7 Å². The molecule has 0 aromatic carbocycles. The van der Waals surface area contributed by atoms with Crippen molar-refractivity contribution in [2.75, 3.05) is 31.5 Å². The first-order valence-electron chi connectivity index (χ1n) is 14.3. The fraction of sp³-hybridized carbons (Fsp3) is 0.750. The lowest BCUT2D eigenvalue weighted by atomic mass is 9.88. The predicted octanol–water partition coefficient (Wildman–Crippen LogP) is 4.21. The van der Waals surface area contributed by atoms with E-state index in [9.17, 15) is 9.90 Å². The summed E-state index contributed by atoms with van der Waals surface area (Å²) in [6.07, 6.45) is 14.1. The summed E-state index contributed by atoms with van der Waals surface area (Å²) in [6, 6.07) is 0.697. The van der Waals surface area contributed by atoms with Crippen molar-refractivity contribution < 1.29 is 9.90 Å². The van der Waals surface area contributed by atoms with Crippen LogP contribution in [0.1, 0.15) is 95.6 Å². The minimum Gasteiger partial charge on any atom is -0.393 e. The van der Waals surface area contributed by atoms with Crippen molar-refractivity contribution in [2.45, 2.75) is 102 Å². The number of amides is 1. The molecule has 1 saturated carbocycles. The Labute approximate surface area is 215 Å². The first kappa shape index (κ1) is 25.5. The van der Waals surface area contributed by atoms with Crippen LogP contribution in [0, 0.1) is 5.92 Å². The Bertz CT molecular complexity index is 1020. The maximum atomic E-state index is 13.1. The zero-order chi connectivity index (χ0) is 25.1. The number of aliphatic hydroxyl groups excluding tert-OH is 1. The van der Waals surface area contributed by atoms with Gasteiger partial charge in [0.1, 0.15) is 5.65 Å². The van der Waals surface area contributed by atoms with Crippen molar-refractivity contribution in [3.8, 4) is 0 Å². The molecule has 0 spiro atoms. The fourth-order valence-electron chi connectivity index (χ4n) is 6.52. The Hall–Kier alpha value is -2.19. The number of carbonyl (C=O) groups excluding carboxylic acids is 1. The Morgan fingerprint density at radius 2 is 1.97 bits per heavy atom. The third-order valence-electron chi connectivity index (χ3n) is 8.65. The molecule has 1 amide bonds. The number of fused-ring (bicyclic) bond motifs is 1. The average Bonchev–Trinajstić information content (AvgIpc) is 3.28. The van der Waals surface area contributed by atoms with Crippen LogP contribution < -0.4 is 10.6 Å². The second-order valence-corrected chi connectivity index (χ2v) is 11.4. The minimum absolute atomic E-state index is 0.147. The van der Waals surface area contributed by atoms with Gasteiger partial charge >= 0.3 is 0 Å². The number of hydrogen-bond acceptors (Lipinski definition) is 6. The highest BCUT2D eigenvalue weighted by Gasteiger charge is 2.32.